The van der Waals surface area contributed by atoms with Gasteiger partial charge in [-0.2, -0.15) is 0 Å². The number of hydrogen-bond donors (Lipinski definition) is 2. The molecule has 0 aliphatic carbocycles. The summed E-state index contributed by atoms with van der Waals surface area (Å²) in [6.45, 7) is 14.4. The zero-order valence-corrected chi connectivity index (χ0v) is 55.1. The number of carbonyl (C=O) groups is 6. The first kappa shape index (κ1) is 68.8. The summed E-state index contributed by atoms with van der Waals surface area (Å²) in [5.41, 5.74) is 0.360. The molecule has 19 nitrogen and oxygen atoms in total. The lowest BCUT2D eigenvalue weighted by Gasteiger charge is -2.32. The number of benzene rings is 5. The van der Waals surface area contributed by atoms with Crippen LogP contribution in [0.2, 0.25) is 15.1 Å². The maximum absolute atomic E-state index is 13.6. The van der Waals surface area contributed by atoms with Crippen molar-refractivity contribution < 1.29 is 48.5 Å². The van der Waals surface area contributed by atoms with E-state index in [4.69, 9.17) is 44.3 Å². The average Bonchev–Trinajstić information content (AvgIpc) is 0.942. The molecule has 0 saturated carbocycles. The van der Waals surface area contributed by atoms with E-state index < -0.39 is 56.2 Å². The van der Waals surface area contributed by atoms with Gasteiger partial charge in [-0.05, 0) is 77.1 Å². The maximum atomic E-state index is 13.6. The van der Waals surface area contributed by atoms with Crippen LogP contribution in [0.4, 0.5) is 0 Å². The molecule has 0 unspecified atom stereocenters. The highest BCUT2D eigenvalue weighted by molar-refractivity contribution is 6.31. The van der Waals surface area contributed by atoms with Gasteiger partial charge in [-0.1, -0.05) is 173 Å². The summed E-state index contributed by atoms with van der Waals surface area (Å²) in [5, 5.41) is 21.6. The largest absolute Gasteiger partial charge is 0.503 e. The summed E-state index contributed by atoms with van der Waals surface area (Å²) < 4.78 is 16.4. The molecule has 3 amide bonds. The van der Waals surface area contributed by atoms with Crippen molar-refractivity contribution in [2.24, 2.45) is 10.8 Å². The Hall–Kier alpha value is -9.56. The molecule has 6 heterocycles. The fourth-order valence-electron chi connectivity index (χ4n) is 10.8. The lowest BCUT2D eigenvalue weighted by molar-refractivity contribution is 0.0660. The third-order valence-corrected chi connectivity index (χ3v) is 17.7. The molecular weight excluding hydrogens is 1260 g/mol. The Kier molecular flexibility index (Phi) is 21.7. The topological polar surface area (TPSA) is 237 Å². The highest BCUT2D eigenvalue weighted by atomic mass is 35.5. The molecule has 11 rings (SSSR count). The number of carbonyl (C=O) groups excluding carboxylic acids is 5. The normalized spacial score (nSPS) is 13.5. The summed E-state index contributed by atoms with van der Waals surface area (Å²) in [4.78, 5) is 121. The highest BCUT2D eigenvalue weighted by Crippen LogP contribution is 2.32. The van der Waals surface area contributed by atoms with Crippen molar-refractivity contribution in [1.82, 2.24) is 28.4 Å². The predicted octanol–water partition coefficient (Wildman–Crippen LogP) is 12.3. The number of carboxylic acids is 1. The molecule has 22 heteroatoms. The minimum atomic E-state index is -1.36. The molecule has 0 atom stereocenters. The quantitative estimate of drug-likeness (QED) is 0.0717. The van der Waals surface area contributed by atoms with Crippen LogP contribution >= 0.6 is 34.8 Å². The first-order valence-electron chi connectivity index (χ1n) is 30.6. The first-order valence-corrected chi connectivity index (χ1v) is 31.7. The Bertz CT molecular complexity index is 4410. The molecule has 0 radical (unpaired) electrons. The molecule has 3 aromatic heterocycles. The summed E-state index contributed by atoms with van der Waals surface area (Å²) in [7, 11) is 0. The van der Waals surface area contributed by atoms with Gasteiger partial charge in [0.05, 0.1) is 11.1 Å². The minimum absolute atomic E-state index is 0.0354. The third kappa shape index (κ3) is 15.6. The second-order valence-electron chi connectivity index (χ2n) is 24.3. The van der Waals surface area contributed by atoms with E-state index in [1.807, 2.05) is 119 Å². The fourth-order valence-corrected chi connectivity index (χ4v) is 11.5. The Balaban J connectivity index is 0.000000167. The van der Waals surface area contributed by atoms with E-state index in [0.717, 1.165) is 27.8 Å². The lowest BCUT2D eigenvalue weighted by atomic mass is 9.82. The second kappa shape index (κ2) is 29.6. The summed E-state index contributed by atoms with van der Waals surface area (Å²) in [6.07, 6.45) is 5.29. The van der Waals surface area contributed by atoms with E-state index in [2.05, 4.69) is 0 Å². The van der Waals surface area contributed by atoms with Crippen LogP contribution < -0.4 is 25.8 Å². The van der Waals surface area contributed by atoms with Crippen molar-refractivity contribution in [2.45, 2.75) is 107 Å². The first-order chi connectivity index (χ1) is 44.8. The van der Waals surface area contributed by atoms with Crippen LogP contribution in [-0.4, -0.2) is 93.5 Å². The highest BCUT2D eigenvalue weighted by Gasteiger charge is 2.38. The number of amides is 3. The van der Waals surface area contributed by atoms with Gasteiger partial charge in [0.25, 0.3) is 17.7 Å². The summed E-state index contributed by atoms with van der Waals surface area (Å²) >= 11 is 18.2. The van der Waals surface area contributed by atoms with Crippen molar-refractivity contribution >= 4 is 70.1 Å². The minimum Gasteiger partial charge on any atom is -0.503 e. The third-order valence-electron chi connectivity index (χ3n) is 17.0. The number of ether oxygens (including phenoxy) is 2. The number of carboxylic acid groups (broad SMARTS) is 1. The molecule has 0 spiro atoms. The van der Waals surface area contributed by atoms with Gasteiger partial charge in [0.1, 0.15) is 18.8 Å². The Morgan fingerprint density at radius 2 is 0.755 bits per heavy atom. The molecule has 3 aliphatic rings. The van der Waals surface area contributed by atoms with Crippen LogP contribution in [0, 0.1) is 10.8 Å². The Morgan fingerprint density at radius 3 is 1.11 bits per heavy atom. The molecule has 0 saturated heterocycles. The van der Waals surface area contributed by atoms with Crippen LogP contribution in [0.5, 0.6) is 17.2 Å². The Labute approximate surface area is 557 Å². The standard InChI is InChI=1S/C28H29ClN2O4.C23H19ClN2O5.C21H23ClN2O4/c1-4-28(2,3)26(33)22-17-30-13-14-31(16-20-11-8-12-21(29)15-20)27(34)23(30)25(24(22)32)35-18-19-9-6-5-7-10-19;24-17-8-4-7-16(11-17)12-26-10-9-25-13-18(23(29)30)20(27)21(19(25)22(26)28)31-14-15-5-2-1-3-6-15;1-4-21(2,3)19(27)15-12-23-8-9-24(11-13-6-5-7-14(22)10-13)20(28)16(23)18(26)17(15)25/h5-12,15,17H,4,13-14,16,18H2,1-3H3;1-8,11,13H,9-10,12,14H2,(H,29,30);5-7,10,12,26H,4,8-9,11H2,1-3H3. The van der Waals surface area contributed by atoms with Crippen LogP contribution in [0.1, 0.15) is 145 Å². The maximum Gasteiger partial charge on any atom is 0.341 e. The molecule has 0 bridgehead atoms. The molecule has 0 fully saturated rings. The number of aromatic nitrogens is 3. The van der Waals surface area contributed by atoms with E-state index in [1.165, 1.54) is 27.7 Å². The van der Waals surface area contributed by atoms with E-state index >= 15 is 0 Å². The number of pyridine rings is 3. The number of aromatic carboxylic acids is 1. The van der Waals surface area contributed by atoms with Crippen molar-refractivity contribution in [3.63, 3.8) is 0 Å². The van der Waals surface area contributed by atoms with Gasteiger partial charge in [0.15, 0.2) is 45.9 Å². The zero-order valence-electron chi connectivity index (χ0n) is 52.8. The van der Waals surface area contributed by atoms with E-state index in [9.17, 15) is 53.4 Å². The van der Waals surface area contributed by atoms with Gasteiger partial charge in [-0.3, -0.25) is 38.4 Å². The van der Waals surface area contributed by atoms with Crippen LogP contribution in [0.15, 0.2) is 166 Å². The Morgan fingerprint density at radius 1 is 0.436 bits per heavy atom. The van der Waals surface area contributed by atoms with Gasteiger partial charge in [-0.15, -0.1) is 0 Å². The van der Waals surface area contributed by atoms with Crippen LogP contribution in [-0.2, 0) is 52.5 Å². The SMILES string of the molecule is CCC(C)(C)C(=O)c1cn2c(c(O)c1=O)C(=O)N(Cc1cccc(Cl)c1)CC2.CCC(C)(C)C(=O)c1cn2c(c(OCc3ccccc3)c1=O)C(=O)N(Cc1cccc(Cl)c1)CC2.O=C(O)c1cn2c(c(OCc3ccccc3)c1=O)C(=O)N(Cc1cccc(Cl)c1)CC2. The average molecular weight is 1330 g/mol. The second-order valence-corrected chi connectivity index (χ2v) is 25.6. The number of Topliss-reactive ketones (excluding diaryl/α,β-unsaturated/α-hetero) is 2. The van der Waals surface area contributed by atoms with Crippen molar-refractivity contribution in [3.05, 3.63) is 259 Å². The number of rotatable bonds is 19. The van der Waals surface area contributed by atoms with E-state index in [0.29, 0.717) is 86.8 Å². The molecule has 94 heavy (non-hydrogen) atoms. The van der Waals surface area contributed by atoms with E-state index in [1.54, 1.807) is 75.6 Å². The van der Waals surface area contributed by atoms with Gasteiger partial charge in [0.2, 0.25) is 16.3 Å². The van der Waals surface area contributed by atoms with Gasteiger partial charge >= 0.3 is 5.97 Å². The van der Waals surface area contributed by atoms with Crippen molar-refractivity contribution in [1.29, 1.82) is 0 Å². The molecule has 8 aromatic rings. The molecule has 3 aliphatic heterocycles. The van der Waals surface area contributed by atoms with E-state index in [-0.39, 0.29) is 70.4 Å². The number of fused-ring (bicyclic) bond motifs is 3. The zero-order chi connectivity index (χ0) is 67.8. The molecular formula is C72H71Cl3N6O13. The lowest BCUT2D eigenvalue weighted by Crippen LogP contribution is -2.42. The number of nitrogens with zero attached hydrogens (tertiary/aromatic N) is 6. The fraction of sp³-hybridized carbons (Fsp3) is 0.292. The molecule has 488 valence electrons. The number of halogens is 3. The molecule has 5 aromatic carbocycles. The summed E-state index contributed by atoms with van der Waals surface area (Å²) in [6, 6.07) is 40.3. The van der Waals surface area contributed by atoms with Gasteiger partial charge < -0.3 is 48.1 Å². The summed E-state index contributed by atoms with van der Waals surface area (Å²) in [5.74, 6) is -4.10. The smallest absolute Gasteiger partial charge is 0.341 e. The monoisotopic (exact) mass is 1330 g/mol. The number of hydrogen-bond acceptors (Lipinski definition) is 12. The van der Waals surface area contributed by atoms with Gasteiger partial charge in [-0.25, -0.2) is 4.79 Å². The predicted molar refractivity (Wildman–Crippen MR) is 358 cm³/mol. The van der Waals surface area contributed by atoms with Crippen molar-refractivity contribution in [3.8, 4) is 17.2 Å². The van der Waals surface area contributed by atoms with Gasteiger partial charge in [0, 0.05) is 103 Å². The number of aromatic hydroxyl groups is 1. The van der Waals surface area contributed by atoms with Crippen LogP contribution in [0.3, 0.4) is 0 Å². The van der Waals surface area contributed by atoms with Crippen molar-refractivity contribution in [2.75, 3.05) is 19.6 Å². The number of ketones is 2. The molecule has 2 N–H and O–H groups in total. The van der Waals surface area contributed by atoms with Crippen LogP contribution in [0.25, 0.3) is 0 Å².